The highest BCUT2D eigenvalue weighted by Gasteiger charge is 2.24. The number of benzene rings is 2. The standard InChI is InChI=1S/C19H18BrFN2O2/c20-15-6-3-5-14(13-15)18(24)22-9-4-10-23(12-11-22)19(25)16-7-1-2-8-17(16)21/h1-3,5-8,13H,4,9-12H2. The molecule has 1 saturated heterocycles. The number of nitrogens with zero attached hydrogens (tertiary/aromatic N) is 2. The van der Waals surface area contributed by atoms with Crippen molar-refractivity contribution < 1.29 is 14.0 Å². The Morgan fingerprint density at radius 2 is 1.56 bits per heavy atom. The second-order valence-corrected chi connectivity index (χ2v) is 6.84. The van der Waals surface area contributed by atoms with Crippen molar-refractivity contribution in [2.24, 2.45) is 0 Å². The second-order valence-electron chi connectivity index (χ2n) is 5.93. The van der Waals surface area contributed by atoms with Crippen LogP contribution in [0.3, 0.4) is 0 Å². The summed E-state index contributed by atoms with van der Waals surface area (Å²) < 4.78 is 14.7. The van der Waals surface area contributed by atoms with Gasteiger partial charge >= 0.3 is 0 Å². The van der Waals surface area contributed by atoms with E-state index in [2.05, 4.69) is 15.9 Å². The number of amides is 2. The van der Waals surface area contributed by atoms with E-state index in [4.69, 9.17) is 0 Å². The first-order valence-electron chi connectivity index (χ1n) is 8.15. The minimum Gasteiger partial charge on any atom is -0.337 e. The maximum atomic E-state index is 13.8. The molecule has 0 aliphatic carbocycles. The Balaban J connectivity index is 1.69. The molecule has 0 unspecified atom stereocenters. The zero-order valence-electron chi connectivity index (χ0n) is 13.6. The Bertz CT molecular complexity index is 796. The van der Waals surface area contributed by atoms with Gasteiger partial charge in [0.1, 0.15) is 5.82 Å². The van der Waals surface area contributed by atoms with Gasteiger partial charge in [-0.25, -0.2) is 4.39 Å². The highest BCUT2D eigenvalue weighted by Crippen LogP contribution is 2.16. The van der Waals surface area contributed by atoms with Gasteiger partial charge in [-0.1, -0.05) is 34.1 Å². The maximum absolute atomic E-state index is 13.8. The van der Waals surface area contributed by atoms with E-state index >= 15 is 0 Å². The summed E-state index contributed by atoms with van der Waals surface area (Å²) in [6, 6.07) is 13.2. The molecule has 3 rings (SSSR count). The number of carbonyl (C=O) groups is 2. The molecule has 0 saturated carbocycles. The molecule has 0 N–H and O–H groups in total. The van der Waals surface area contributed by atoms with Crippen LogP contribution in [0.2, 0.25) is 0 Å². The molecule has 25 heavy (non-hydrogen) atoms. The van der Waals surface area contributed by atoms with E-state index in [9.17, 15) is 14.0 Å². The molecular formula is C19H18BrFN2O2. The molecule has 2 aromatic rings. The zero-order chi connectivity index (χ0) is 17.8. The smallest absolute Gasteiger partial charge is 0.256 e. The van der Waals surface area contributed by atoms with Gasteiger partial charge in [-0.2, -0.15) is 0 Å². The minimum absolute atomic E-state index is 0.0542. The van der Waals surface area contributed by atoms with Crippen molar-refractivity contribution in [1.82, 2.24) is 9.80 Å². The quantitative estimate of drug-likeness (QED) is 0.767. The largest absolute Gasteiger partial charge is 0.337 e. The molecule has 0 spiro atoms. The lowest BCUT2D eigenvalue weighted by Crippen LogP contribution is -2.37. The first-order chi connectivity index (χ1) is 12.1. The van der Waals surface area contributed by atoms with Crippen LogP contribution in [0.1, 0.15) is 27.1 Å². The van der Waals surface area contributed by atoms with Gasteiger partial charge in [-0.05, 0) is 36.8 Å². The Labute approximate surface area is 154 Å². The lowest BCUT2D eigenvalue weighted by atomic mass is 10.2. The molecule has 1 aliphatic rings. The van der Waals surface area contributed by atoms with E-state index in [0.29, 0.717) is 38.2 Å². The predicted octanol–water partition coefficient (Wildman–Crippen LogP) is 3.58. The van der Waals surface area contributed by atoms with E-state index in [0.717, 1.165) is 4.47 Å². The molecule has 0 bridgehead atoms. The monoisotopic (exact) mass is 404 g/mol. The second kappa shape index (κ2) is 7.78. The zero-order valence-corrected chi connectivity index (χ0v) is 15.2. The van der Waals surface area contributed by atoms with Gasteiger partial charge in [0.25, 0.3) is 11.8 Å². The summed E-state index contributed by atoms with van der Waals surface area (Å²) in [4.78, 5) is 28.6. The van der Waals surface area contributed by atoms with Crippen molar-refractivity contribution >= 4 is 27.7 Å². The molecular weight excluding hydrogens is 387 g/mol. The maximum Gasteiger partial charge on any atom is 0.256 e. The summed E-state index contributed by atoms with van der Waals surface area (Å²) >= 11 is 3.37. The molecule has 130 valence electrons. The lowest BCUT2D eigenvalue weighted by Gasteiger charge is -2.22. The summed E-state index contributed by atoms with van der Waals surface area (Å²) in [7, 11) is 0. The lowest BCUT2D eigenvalue weighted by molar-refractivity contribution is 0.0716. The first kappa shape index (κ1) is 17.6. The predicted molar refractivity (Wildman–Crippen MR) is 97.0 cm³/mol. The average molecular weight is 405 g/mol. The van der Waals surface area contributed by atoms with Gasteiger partial charge < -0.3 is 9.80 Å². The molecule has 2 amide bonds. The highest BCUT2D eigenvalue weighted by molar-refractivity contribution is 9.10. The fourth-order valence-corrected chi connectivity index (χ4v) is 3.33. The van der Waals surface area contributed by atoms with Crippen LogP contribution in [0.5, 0.6) is 0 Å². The van der Waals surface area contributed by atoms with Gasteiger partial charge in [-0.15, -0.1) is 0 Å². The third-order valence-corrected chi connectivity index (χ3v) is 4.74. The Morgan fingerprint density at radius 1 is 0.880 bits per heavy atom. The van der Waals surface area contributed by atoms with Crippen molar-refractivity contribution in [2.45, 2.75) is 6.42 Å². The van der Waals surface area contributed by atoms with Crippen LogP contribution >= 0.6 is 15.9 Å². The van der Waals surface area contributed by atoms with E-state index in [1.807, 2.05) is 12.1 Å². The summed E-state index contributed by atoms with van der Waals surface area (Å²) in [6.07, 6.45) is 0.667. The van der Waals surface area contributed by atoms with Crippen molar-refractivity contribution in [2.75, 3.05) is 26.2 Å². The van der Waals surface area contributed by atoms with Gasteiger partial charge in [0.15, 0.2) is 0 Å². The van der Waals surface area contributed by atoms with Crippen LogP contribution in [0.25, 0.3) is 0 Å². The molecule has 1 heterocycles. The minimum atomic E-state index is -0.515. The molecule has 0 atom stereocenters. The molecule has 1 aliphatic heterocycles. The van der Waals surface area contributed by atoms with E-state index in [-0.39, 0.29) is 17.4 Å². The summed E-state index contributed by atoms with van der Waals surface area (Å²) in [5.74, 6) is -0.893. The molecule has 0 radical (unpaired) electrons. The molecule has 0 aromatic heterocycles. The van der Waals surface area contributed by atoms with Crippen molar-refractivity contribution in [3.63, 3.8) is 0 Å². The van der Waals surface area contributed by atoms with Crippen LogP contribution in [0.15, 0.2) is 53.0 Å². The topological polar surface area (TPSA) is 40.6 Å². The Morgan fingerprint density at radius 3 is 2.24 bits per heavy atom. The Kier molecular flexibility index (Phi) is 5.48. The van der Waals surface area contributed by atoms with Crippen LogP contribution < -0.4 is 0 Å². The first-order valence-corrected chi connectivity index (χ1v) is 8.94. The van der Waals surface area contributed by atoms with Gasteiger partial charge in [0.05, 0.1) is 5.56 Å². The van der Waals surface area contributed by atoms with E-state index in [1.165, 1.54) is 12.1 Å². The number of halogens is 2. The molecule has 1 fully saturated rings. The summed E-state index contributed by atoms with van der Waals surface area (Å²) in [5.41, 5.74) is 0.692. The fraction of sp³-hybridized carbons (Fsp3) is 0.263. The fourth-order valence-electron chi connectivity index (χ4n) is 2.93. The summed E-state index contributed by atoms with van der Waals surface area (Å²) in [6.45, 7) is 1.92. The van der Waals surface area contributed by atoms with Crippen molar-refractivity contribution in [1.29, 1.82) is 0 Å². The summed E-state index contributed by atoms with van der Waals surface area (Å²) in [5, 5.41) is 0. The van der Waals surface area contributed by atoms with Crippen LogP contribution in [0, 0.1) is 5.82 Å². The third-order valence-electron chi connectivity index (χ3n) is 4.25. The highest BCUT2D eigenvalue weighted by atomic mass is 79.9. The normalized spacial score (nSPS) is 15.0. The van der Waals surface area contributed by atoms with Crippen LogP contribution in [0.4, 0.5) is 4.39 Å². The van der Waals surface area contributed by atoms with Crippen LogP contribution in [-0.4, -0.2) is 47.8 Å². The van der Waals surface area contributed by atoms with Gasteiger partial charge in [-0.3, -0.25) is 9.59 Å². The Hall–Kier alpha value is -2.21. The molecule has 4 nitrogen and oxygen atoms in total. The van der Waals surface area contributed by atoms with Crippen molar-refractivity contribution in [3.05, 3.63) is 69.9 Å². The third kappa shape index (κ3) is 4.07. The molecule has 6 heteroatoms. The van der Waals surface area contributed by atoms with Crippen molar-refractivity contribution in [3.8, 4) is 0 Å². The van der Waals surface area contributed by atoms with Crippen LogP contribution in [-0.2, 0) is 0 Å². The van der Waals surface area contributed by atoms with Gasteiger partial charge in [0, 0.05) is 36.2 Å². The average Bonchev–Trinajstić information content (AvgIpc) is 2.87. The van der Waals surface area contributed by atoms with Gasteiger partial charge in [0.2, 0.25) is 0 Å². The number of hydrogen-bond acceptors (Lipinski definition) is 2. The molecule has 2 aromatic carbocycles. The number of carbonyl (C=O) groups excluding carboxylic acids is 2. The van der Waals surface area contributed by atoms with E-state index < -0.39 is 5.82 Å². The number of rotatable bonds is 2. The number of hydrogen-bond donors (Lipinski definition) is 0. The SMILES string of the molecule is O=C(c1cccc(Br)c1)N1CCCN(C(=O)c2ccccc2F)CC1. The van der Waals surface area contributed by atoms with E-state index in [1.54, 1.807) is 34.1 Å².